The molecule has 0 fully saturated rings. The number of aliphatic hydroxyl groups excluding tert-OH is 1. The van der Waals surface area contributed by atoms with Gasteiger partial charge in [0.15, 0.2) is 0 Å². The summed E-state index contributed by atoms with van der Waals surface area (Å²) in [5.74, 6) is 0.819. The Morgan fingerprint density at radius 3 is 2.70 bits per heavy atom. The minimum atomic E-state index is -0.399. The van der Waals surface area contributed by atoms with E-state index in [1.54, 1.807) is 13.2 Å². The zero-order valence-corrected chi connectivity index (χ0v) is 12.6. The summed E-state index contributed by atoms with van der Waals surface area (Å²) in [7, 11) is 1.57. The molecule has 0 heterocycles. The molecular formula is C15H24N2O3. The number of aliphatic hydroxyl groups is 1. The van der Waals surface area contributed by atoms with Crippen LogP contribution in [0.2, 0.25) is 0 Å². The Bertz CT molecular complexity index is 447. The highest BCUT2D eigenvalue weighted by Crippen LogP contribution is 2.24. The lowest BCUT2D eigenvalue weighted by Crippen LogP contribution is -2.32. The first-order valence-corrected chi connectivity index (χ1v) is 6.81. The van der Waals surface area contributed by atoms with Crippen LogP contribution >= 0.6 is 0 Å². The third kappa shape index (κ3) is 5.09. The van der Waals surface area contributed by atoms with Gasteiger partial charge in [0.1, 0.15) is 5.75 Å². The van der Waals surface area contributed by atoms with Gasteiger partial charge >= 0.3 is 6.03 Å². The van der Waals surface area contributed by atoms with Crippen LogP contribution < -0.4 is 15.4 Å². The summed E-state index contributed by atoms with van der Waals surface area (Å²) in [6.07, 6.45) is 0.139. The Balaban J connectivity index is 2.46. The van der Waals surface area contributed by atoms with Gasteiger partial charge < -0.3 is 20.5 Å². The Kier molecular flexibility index (Phi) is 6.31. The van der Waals surface area contributed by atoms with Crippen molar-refractivity contribution in [3.05, 3.63) is 23.8 Å². The molecule has 0 aliphatic heterocycles. The zero-order chi connectivity index (χ0) is 15.1. The molecule has 1 unspecified atom stereocenters. The average Bonchev–Trinajstić information content (AvgIpc) is 2.40. The Labute approximate surface area is 120 Å². The van der Waals surface area contributed by atoms with Crippen LogP contribution in [0, 0.1) is 12.8 Å². The number of nitrogens with one attached hydrogen (secondary N) is 2. The van der Waals surface area contributed by atoms with Crippen molar-refractivity contribution in [3.8, 4) is 5.75 Å². The zero-order valence-electron chi connectivity index (χ0n) is 12.6. The molecule has 0 aromatic heterocycles. The molecule has 1 rings (SSSR count). The van der Waals surface area contributed by atoms with Gasteiger partial charge in [-0.2, -0.15) is 0 Å². The molecule has 5 heteroatoms. The van der Waals surface area contributed by atoms with E-state index >= 15 is 0 Å². The first kappa shape index (κ1) is 16.3. The predicted octanol–water partition coefficient (Wildman–Crippen LogP) is 2.53. The van der Waals surface area contributed by atoms with E-state index in [2.05, 4.69) is 10.6 Å². The fourth-order valence-electron chi connectivity index (χ4n) is 1.74. The number of ether oxygens (including phenoxy) is 1. The number of carbonyl (C=O) groups excluding carboxylic acids is 1. The third-order valence-electron chi connectivity index (χ3n) is 3.10. The van der Waals surface area contributed by atoms with E-state index in [0.29, 0.717) is 24.4 Å². The summed E-state index contributed by atoms with van der Waals surface area (Å²) >= 11 is 0. The smallest absolute Gasteiger partial charge is 0.319 e. The van der Waals surface area contributed by atoms with E-state index < -0.39 is 6.10 Å². The second-order valence-corrected chi connectivity index (χ2v) is 5.18. The van der Waals surface area contributed by atoms with E-state index in [0.717, 1.165) is 5.56 Å². The number of anilines is 1. The number of carbonyl (C=O) groups is 1. The molecule has 20 heavy (non-hydrogen) atoms. The maximum atomic E-state index is 11.8. The molecule has 0 aliphatic carbocycles. The number of aryl methyl sites for hydroxylation is 1. The number of hydrogen-bond donors (Lipinski definition) is 3. The van der Waals surface area contributed by atoms with Crippen LogP contribution in [0.3, 0.4) is 0 Å². The lowest BCUT2D eigenvalue weighted by molar-refractivity contribution is 0.117. The molecule has 112 valence electrons. The van der Waals surface area contributed by atoms with Crippen LogP contribution in [0.5, 0.6) is 5.75 Å². The van der Waals surface area contributed by atoms with Gasteiger partial charge in [0.2, 0.25) is 0 Å². The molecule has 1 aromatic rings. The minimum absolute atomic E-state index is 0.192. The number of hydrogen-bond acceptors (Lipinski definition) is 3. The molecule has 3 N–H and O–H groups in total. The summed E-state index contributed by atoms with van der Waals surface area (Å²) in [4.78, 5) is 11.8. The van der Waals surface area contributed by atoms with Crippen molar-refractivity contribution >= 4 is 11.7 Å². The number of urea groups is 1. The van der Waals surface area contributed by atoms with Gasteiger partial charge in [0, 0.05) is 6.54 Å². The van der Waals surface area contributed by atoms with Crippen molar-refractivity contribution < 1.29 is 14.6 Å². The largest absolute Gasteiger partial charge is 0.495 e. The monoisotopic (exact) mass is 280 g/mol. The molecule has 0 saturated carbocycles. The molecular weight excluding hydrogens is 256 g/mol. The van der Waals surface area contributed by atoms with Gasteiger partial charge in [-0.25, -0.2) is 4.79 Å². The molecule has 5 nitrogen and oxygen atoms in total. The van der Waals surface area contributed by atoms with Crippen molar-refractivity contribution in [2.75, 3.05) is 19.0 Å². The maximum Gasteiger partial charge on any atom is 0.319 e. The summed E-state index contributed by atoms with van der Waals surface area (Å²) in [5.41, 5.74) is 1.69. The summed E-state index contributed by atoms with van der Waals surface area (Å²) in [6, 6.07) is 5.26. The molecule has 0 saturated heterocycles. The Hall–Kier alpha value is -1.75. The highest BCUT2D eigenvalue weighted by Gasteiger charge is 2.10. The van der Waals surface area contributed by atoms with Crippen molar-refractivity contribution in [3.63, 3.8) is 0 Å². The normalized spacial score (nSPS) is 12.1. The molecule has 0 aliphatic rings. The second kappa shape index (κ2) is 7.75. The van der Waals surface area contributed by atoms with Gasteiger partial charge in [-0.1, -0.05) is 19.9 Å². The Morgan fingerprint density at radius 1 is 1.40 bits per heavy atom. The Morgan fingerprint density at radius 2 is 2.10 bits per heavy atom. The fraction of sp³-hybridized carbons (Fsp3) is 0.533. The van der Waals surface area contributed by atoms with Crippen LogP contribution in [-0.2, 0) is 0 Å². The van der Waals surface area contributed by atoms with E-state index in [1.165, 1.54) is 0 Å². The van der Waals surface area contributed by atoms with Crippen LogP contribution in [-0.4, -0.2) is 30.9 Å². The van der Waals surface area contributed by atoms with E-state index in [9.17, 15) is 9.90 Å². The molecule has 2 amide bonds. The molecule has 1 atom stereocenters. The molecule has 0 bridgehead atoms. The van der Waals surface area contributed by atoms with Crippen molar-refractivity contribution in [1.29, 1.82) is 0 Å². The number of amides is 2. The van der Waals surface area contributed by atoms with Gasteiger partial charge in [-0.05, 0) is 37.0 Å². The van der Waals surface area contributed by atoms with E-state index in [-0.39, 0.29) is 11.9 Å². The number of benzene rings is 1. The van der Waals surface area contributed by atoms with Gasteiger partial charge in [0.25, 0.3) is 0 Å². The molecule has 0 spiro atoms. The highest BCUT2D eigenvalue weighted by molar-refractivity contribution is 5.90. The average molecular weight is 280 g/mol. The third-order valence-corrected chi connectivity index (χ3v) is 3.10. The summed E-state index contributed by atoms with van der Waals surface area (Å²) in [6.45, 7) is 6.28. The van der Waals surface area contributed by atoms with Crippen molar-refractivity contribution in [2.24, 2.45) is 5.92 Å². The van der Waals surface area contributed by atoms with Gasteiger partial charge in [-0.15, -0.1) is 0 Å². The van der Waals surface area contributed by atoms with E-state index in [4.69, 9.17) is 4.74 Å². The first-order chi connectivity index (χ1) is 9.43. The second-order valence-electron chi connectivity index (χ2n) is 5.18. The molecule has 1 aromatic carbocycles. The topological polar surface area (TPSA) is 70.6 Å². The van der Waals surface area contributed by atoms with Crippen molar-refractivity contribution in [2.45, 2.75) is 33.3 Å². The van der Waals surface area contributed by atoms with Gasteiger partial charge in [0.05, 0.1) is 18.9 Å². The summed E-state index contributed by atoms with van der Waals surface area (Å²) < 4.78 is 5.22. The lowest BCUT2D eigenvalue weighted by Gasteiger charge is -2.15. The van der Waals surface area contributed by atoms with Crippen LogP contribution in [0.1, 0.15) is 25.8 Å². The first-order valence-electron chi connectivity index (χ1n) is 6.81. The molecule has 0 radical (unpaired) electrons. The number of methoxy groups -OCH3 is 1. The fourth-order valence-corrected chi connectivity index (χ4v) is 1.74. The van der Waals surface area contributed by atoms with Gasteiger partial charge in [-0.3, -0.25) is 0 Å². The number of rotatable bonds is 6. The van der Waals surface area contributed by atoms with Crippen LogP contribution in [0.15, 0.2) is 18.2 Å². The highest BCUT2D eigenvalue weighted by atomic mass is 16.5. The quantitative estimate of drug-likeness (QED) is 0.750. The van der Waals surface area contributed by atoms with Crippen molar-refractivity contribution in [1.82, 2.24) is 5.32 Å². The van der Waals surface area contributed by atoms with Crippen LogP contribution in [0.25, 0.3) is 0 Å². The van der Waals surface area contributed by atoms with Crippen LogP contribution in [0.4, 0.5) is 10.5 Å². The lowest BCUT2D eigenvalue weighted by atomic mass is 10.0. The van der Waals surface area contributed by atoms with E-state index in [1.807, 2.05) is 32.9 Å². The maximum absolute atomic E-state index is 11.8. The predicted molar refractivity (Wildman–Crippen MR) is 80.2 cm³/mol. The SMILES string of the molecule is COc1cc(C)ccc1NC(=O)NCCC(O)C(C)C. The summed E-state index contributed by atoms with van der Waals surface area (Å²) in [5, 5.41) is 15.1. The minimum Gasteiger partial charge on any atom is -0.495 e. The standard InChI is InChI=1S/C15H24N2O3/c1-10(2)13(18)7-8-16-15(19)17-12-6-5-11(3)9-14(12)20-4/h5-6,9-10,13,18H,7-8H2,1-4H3,(H2,16,17,19).